The molecule has 4 nitrogen and oxygen atoms in total. The van der Waals surface area contributed by atoms with Crippen molar-refractivity contribution >= 4 is 5.57 Å². The first-order chi connectivity index (χ1) is 7.29. The molecule has 1 aromatic heterocycles. The molecule has 0 spiro atoms. The van der Waals surface area contributed by atoms with Crippen LogP contribution >= 0.6 is 0 Å². The van der Waals surface area contributed by atoms with Crippen molar-refractivity contribution in [2.45, 2.75) is 38.6 Å². The van der Waals surface area contributed by atoms with Gasteiger partial charge in [0.2, 0.25) is 0 Å². The molecule has 1 unspecified atom stereocenters. The lowest BCUT2D eigenvalue weighted by Crippen LogP contribution is -2.24. The Morgan fingerprint density at radius 1 is 1.60 bits per heavy atom. The van der Waals surface area contributed by atoms with Crippen LogP contribution in [-0.4, -0.2) is 23.2 Å². The van der Waals surface area contributed by atoms with Gasteiger partial charge in [0.15, 0.2) is 5.82 Å². The van der Waals surface area contributed by atoms with E-state index in [1.54, 1.807) is 0 Å². The molecule has 0 aliphatic heterocycles. The molecule has 0 radical (unpaired) electrons. The molecule has 0 amide bonds. The zero-order chi connectivity index (χ0) is 10.7. The molecule has 0 fully saturated rings. The van der Waals surface area contributed by atoms with Crippen LogP contribution in [0.25, 0.3) is 5.57 Å². The Kier molecular flexibility index (Phi) is 3.16. The first-order valence-corrected chi connectivity index (χ1v) is 5.49. The van der Waals surface area contributed by atoms with E-state index in [-0.39, 0.29) is 0 Å². The highest BCUT2D eigenvalue weighted by Crippen LogP contribution is 2.26. The standard InChI is InChI=1S/C11H17N3O/c1-8(12-2)7-10-13-11(15-14-10)9-5-3-4-6-9/h5,8,12H,3-4,6-7H2,1-2H3. The van der Waals surface area contributed by atoms with Gasteiger partial charge < -0.3 is 9.84 Å². The van der Waals surface area contributed by atoms with Gasteiger partial charge in [0.25, 0.3) is 5.89 Å². The molecule has 1 atom stereocenters. The Morgan fingerprint density at radius 2 is 2.47 bits per heavy atom. The third-order valence-electron chi connectivity index (χ3n) is 2.77. The lowest BCUT2D eigenvalue weighted by atomic mass is 10.2. The van der Waals surface area contributed by atoms with Crippen molar-refractivity contribution in [3.05, 3.63) is 17.8 Å². The zero-order valence-corrected chi connectivity index (χ0v) is 9.29. The van der Waals surface area contributed by atoms with Crippen molar-refractivity contribution in [2.75, 3.05) is 7.05 Å². The molecule has 4 heteroatoms. The zero-order valence-electron chi connectivity index (χ0n) is 9.29. The molecular weight excluding hydrogens is 190 g/mol. The van der Waals surface area contributed by atoms with Crippen LogP contribution in [0.15, 0.2) is 10.6 Å². The minimum absolute atomic E-state index is 0.382. The summed E-state index contributed by atoms with van der Waals surface area (Å²) < 4.78 is 5.24. The Morgan fingerprint density at radius 3 is 3.13 bits per heavy atom. The van der Waals surface area contributed by atoms with Gasteiger partial charge in [-0.3, -0.25) is 0 Å². The van der Waals surface area contributed by atoms with Crippen molar-refractivity contribution in [1.29, 1.82) is 0 Å². The summed E-state index contributed by atoms with van der Waals surface area (Å²) in [6, 6.07) is 0.382. The number of rotatable bonds is 4. The molecule has 1 heterocycles. The molecule has 0 bridgehead atoms. The summed E-state index contributed by atoms with van der Waals surface area (Å²) in [5.41, 5.74) is 1.21. The van der Waals surface area contributed by atoms with Crippen molar-refractivity contribution in [1.82, 2.24) is 15.5 Å². The lowest BCUT2D eigenvalue weighted by Gasteiger charge is -2.04. The van der Waals surface area contributed by atoms with E-state index in [1.807, 2.05) is 7.05 Å². The molecule has 82 valence electrons. The minimum Gasteiger partial charge on any atom is -0.334 e. The summed E-state index contributed by atoms with van der Waals surface area (Å²) in [5.74, 6) is 1.51. The van der Waals surface area contributed by atoms with Gasteiger partial charge in [-0.25, -0.2) is 0 Å². The summed E-state index contributed by atoms with van der Waals surface area (Å²) in [5, 5.41) is 7.14. The van der Waals surface area contributed by atoms with E-state index < -0.39 is 0 Å². The fraction of sp³-hybridized carbons (Fsp3) is 0.636. The molecule has 0 aromatic carbocycles. The fourth-order valence-corrected chi connectivity index (χ4v) is 1.71. The van der Waals surface area contributed by atoms with Crippen LogP contribution in [-0.2, 0) is 6.42 Å². The van der Waals surface area contributed by atoms with E-state index in [0.29, 0.717) is 11.9 Å². The number of likely N-dealkylation sites (N-methyl/N-ethyl adjacent to an activating group) is 1. The van der Waals surface area contributed by atoms with Crippen molar-refractivity contribution in [2.24, 2.45) is 0 Å². The third kappa shape index (κ3) is 2.45. The molecule has 1 aliphatic carbocycles. The van der Waals surface area contributed by atoms with Gasteiger partial charge in [0, 0.05) is 18.0 Å². The predicted molar refractivity (Wildman–Crippen MR) is 58.4 cm³/mol. The van der Waals surface area contributed by atoms with Gasteiger partial charge in [0.1, 0.15) is 0 Å². The van der Waals surface area contributed by atoms with Gasteiger partial charge in [-0.1, -0.05) is 11.2 Å². The predicted octanol–water partition coefficient (Wildman–Crippen LogP) is 1.79. The average Bonchev–Trinajstić information content (AvgIpc) is 2.85. The van der Waals surface area contributed by atoms with E-state index in [2.05, 4.69) is 28.5 Å². The SMILES string of the molecule is CNC(C)Cc1noc(C2=CCCC2)n1. The second-order valence-corrected chi connectivity index (χ2v) is 4.03. The highest BCUT2D eigenvalue weighted by Gasteiger charge is 2.15. The monoisotopic (exact) mass is 207 g/mol. The number of nitrogens with one attached hydrogen (secondary N) is 1. The first-order valence-electron chi connectivity index (χ1n) is 5.49. The van der Waals surface area contributed by atoms with Crippen LogP contribution in [0.4, 0.5) is 0 Å². The molecule has 1 aliphatic rings. The third-order valence-corrected chi connectivity index (χ3v) is 2.77. The van der Waals surface area contributed by atoms with Crippen LogP contribution in [0.3, 0.4) is 0 Å². The van der Waals surface area contributed by atoms with Gasteiger partial charge in [-0.2, -0.15) is 4.98 Å². The van der Waals surface area contributed by atoms with Crippen LogP contribution in [0, 0.1) is 0 Å². The van der Waals surface area contributed by atoms with E-state index >= 15 is 0 Å². The fourth-order valence-electron chi connectivity index (χ4n) is 1.71. The molecule has 1 N–H and O–H groups in total. The maximum absolute atomic E-state index is 5.24. The van der Waals surface area contributed by atoms with E-state index in [0.717, 1.165) is 25.1 Å². The van der Waals surface area contributed by atoms with Crippen molar-refractivity contribution in [3.8, 4) is 0 Å². The normalized spacial score (nSPS) is 17.9. The Labute approximate surface area is 89.8 Å². The first kappa shape index (κ1) is 10.4. The lowest BCUT2D eigenvalue weighted by molar-refractivity contribution is 0.396. The van der Waals surface area contributed by atoms with Gasteiger partial charge in [-0.15, -0.1) is 0 Å². The van der Waals surface area contributed by atoms with E-state index in [1.165, 1.54) is 12.0 Å². The summed E-state index contributed by atoms with van der Waals surface area (Å²) in [6.45, 7) is 2.10. The summed E-state index contributed by atoms with van der Waals surface area (Å²) >= 11 is 0. The molecule has 1 aromatic rings. The smallest absolute Gasteiger partial charge is 0.253 e. The number of aromatic nitrogens is 2. The minimum atomic E-state index is 0.382. The Balaban J connectivity index is 2.03. The number of allylic oxidation sites excluding steroid dienone is 2. The van der Waals surface area contributed by atoms with Crippen LogP contribution < -0.4 is 5.32 Å². The molecular formula is C11H17N3O. The number of nitrogens with zero attached hydrogens (tertiary/aromatic N) is 2. The van der Waals surface area contributed by atoms with Crippen LogP contribution in [0.2, 0.25) is 0 Å². The topological polar surface area (TPSA) is 51.0 Å². The van der Waals surface area contributed by atoms with Crippen molar-refractivity contribution in [3.63, 3.8) is 0 Å². The second kappa shape index (κ2) is 4.57. The molecule has 15 heavy (non-hydrogen) atoms. The van der Waals surface area contributed by atoms with Crippen LogP contribution in [0.5, 0.6) is 0 Å². The quantitative estimate of drug-likeness (QED) is 0.817. The molecule has 2 rings (SSSR count). The summed E-state index contributed by atoms with van der Waals surface area (Å²) in [6.07, 6.45) is 6.43. The maximum atomic E-state index is 5.24. The highest BCUT2D eigenvalue weighted by molar-refractivity contribution is 5.60. The van der Waals surface area contributed by atoms with Crippen molar-refractivity contribution < 1.29 is 4.52 Å². The molecule has 0 saturated heterocycles. The average molecular weight is 207 g/mol. The molecule has 0 saturated carbocycles. The van der Waals surface area contributed by atoms with Gasteiger partial charge in [-0.05, 0) is 33.2 Å². The maximum Gasteiger partial charge on any atom is 0.253 e. The number of hydrogen-bond donors (Lipinski definition) is 1. The summed E-state index contributed by atoms with van der Waals surface area (Å²) in [4.78, 5) is 4.39. The van der Waals surface area contributed by atoms with E-state index in [9.17, 15) is 0 Å². The Bertz CT molecular complexity index is 356. The second-order valence-electron chi connectivity index (χ2n) is 4.03. The number of hydrogen-bond acceptors (Lipinski definition) is 4. The van der Waals surface area contributed by atoms with Gasteiger partial charge in [0.05, 0.1) is 0 Å². The van der Waals surface area contributed by atoms with Crippen LogP contribution in [0.1, 0.15) is 37.9 Å². The Hall–Kier alpha value is -1.16. The summed E-state index contributed by atoms with van der Waals surface area (Å²) in [7, 11) is 1.94. The highest BCUT2D eigenvalue weighted by atomic mass is 16.5. The largest absolute Gasteiger partial charge is 0.334 e. The van der Waals surface area contributed by atoms with Gasteiger partial charge >= 0.3 is 0 Å². The van der Waals surface area contributed by atoms with E-state index in [4.69, 9.17) is 4.52 Å².